The molecule has 5 aromatic carbocycles. The zero-order chi connectivity index (χ0) is 48.8. The van der Waals surface area contributed by atoms with E-state index in [-0.39, 0.29) is 44.0 Å². The molecule has 3 aliphatic heterocycles. The number of nitrogens with zero attached hydrogens (tertiary/aromatic N) is 2. The van der Waals surface area contributed by atoms with E-state index < -0.39 is 83.4 Å². The van der Waals surface area contributed by atoms with E-state index in [0.29, 0.717) is 33.6 Å². The second-order valence-electron chi connectivity index (χ2n) is 17.4. The lowest BCUT2D eigenvalue weighted by Gasteiger charge is -2.46. The third-order valence-electron chi connectivity index (χ3n) is 13.0. The van der Waals surface area contributed by atoms with Crippen molar-refractivity contribution in [2.45, 2.75) is 62.1 Å². The molecule has 2 fully saturated rings. The van der Waals surface area contributed by atoms with Gasteiger partial charge in [0.25, 0.3) is 0 Å². The average Bonchev–Trinajstić information content (AvgIpc) is 3.83. The van der Waals surface area contributed by atoms with Crippen LogP contribution in [0.1, 0.15) is 77.9 Å². The molecule has 0 aliphatic carbocycles. The number of hydrogen-bond acceptors (Lipinski definition) is 12. The minimum absolute atomic E-state index is 0.00234. The number of cyclic esters (lactones) is 1. The number of carbonyl (C=O) groups excluding carboxylic acids is 5. The number of methoxy groups -OCH3 is 1. The Hall–Kier alpha value is -7.35. The summed E-state index contributed by atoms with van der Waals surface area (Å²) in [6.45, 7) is 2.63. The first kappa shape index (κ1) is 48.1. The fourth-order valence-electron chi connectivity index (χ4n) is 10.0. The third-order valence-corrected chi connectivity index (χ3v) is 13.0. The summed E-state index contributed by atoms with van der Waals surface area (Å²) in [7, 11) is 1.19. The average molecular weight is 935 g/mol. The first-order valence-corrected chi connectivity index (χ1v) is 22.8. The molecule has 8 atom stereocenters. The summed E-state index contributed by atoms with van der Waals surface area (Å²) in [4.78, 5) is 78.5. The summed E-state index contributed by atoms with van der Waals surface area (Å²) in [6, 6.07) is 32.9. The maximum absolute atomic E-state index is 16.5. The fraction of sp³-hybridized carbons (Fsp3) is 0.315. The van der Waals surface area contributed by atoms with Crippen molar-refractivity contribution in [1.82, 2.24) is 15.5 Å². The Balaban J connectivity index is 1.43. The fourth-order valence-corrected chi connectivity index (χ4v) is 10.0. The number of aliphatic hydroxyl groups excluding tert-OH is 3. The second-order valence-corrected chi connectivity index (χ2v) is 17.4. The van der Waals surface area contributed by atoms with Crippen LogP contribution in [0.5, 0.6) is 5.75 Å². The number of aliphatic hydroxyl groups is 3. The highest BCUT2D eigenvalue weighted by molar-refractivity contribution is 6.25. The van der Waals surface area contributed by atoms with Crippen molar-refractivity contribution >= 4 is 35.5 Å². The number of rotatable bonds is 14. The van der Waals surface area contributed by atoms with Crippen LogP contribution in [0.2, 0.25) is 0 Å². The van der Waals surface area contributed by atoms with Crippen LogP contribution < -0.4 is 20.3 Å². The molecule has 8 rings (SSSR count). The first-order valence-electron chi connectivity index (χ1n) is 22.8. The van der Waals surface area contributed by atoms with E-state index in [1.54, 1.807) is 86.6 Å². The third kappa shape index (κ3) is 9.07. The zero-order valence-electron chi connectivity index (χ0n) is 38.4. The Labute approximate surface area is 400 Å². The number of ether oxygens (including phenoxy) is 3. The largest absolute Gasteiger partial charge is 0.491 e. The first-order chi connectivity index (χ1) is 33.5. The minimum atomic E-state index is -2.17. The monoisotopic (exact) mass is 934 g/mol. The predicted octanol–water partition coefficient (Wildman–Crippen LogP) is 5.21. The highest BCUT2D eigenvalue weighted by atomic mass is 16.6. The number of amides is 4. The number of morpholine rings is 1. The SMILES string of the molecule is COC(=O)[C@@H](NC(=O)N1C(=O)[C@@]2(c3cc(C#CCCO)ccc31)[C@H](C(=O)NC[C@H](O)c1ccccc1)[C@H]1C(=O)O[C@H](c3ccccc3)[C@H](c3ccccc3)N1[C@@H]2c1ccc(OCCO)cc1)C(C)C. The molecule has 15 nitrogen and oxygen atoms in total. The summed E-state index contributed by atoms with van der Waals surface area (Å²) in [5.74, 6) is 0.982. The minimum Gasteiger partial charge on any atom is -0.491 e. The molecule has 0 bridgehead atoms. The molecule has 15 heteroatoms. The van der Waals surface area contributed by atoms with Crippen LogP contribution in [0, 0.1) is 23.7 Å². The van der Waals surface area contributed by atoms with E-state index in [2.05, 4.69) is 22.5 Å². The lowest BCUT2D eigenvalue weighted by Crippen LogP contribution is -2.58. The van der Waals surface area contributed by atoms with Gasteiger partial charge in [-0.3, -0.25) is 19.3 Å². The highest BCUT2D eigenvalue weighted by Crippen LogP contribution is 2.66. The maximum Gasteiger partial charge on any atom is 0.329 e. The number of hydrogen-bond donors (Lipinski definition) is 5. The van der Waals surface area contributed by atoms with Crippen LogP contribution in [0.15, 0.2) is 133 Å². The van der Waals surface area contributed by atoms with Crippen molar-refractivity contribution in [3.05, 3.63) is 167 Å². The summed E-state index contributed by atoms with van der Waals surface area (Å²) in [5, 5.41) is 36.3. The van der Waals surface area contributed by atoms with E-state index in [0.717, 1.165) is 4.90 Å². The highest BCUT2D eigenvalue weighted by Gasteiger charge is 2.75. The number of nitrogens with one attached hydrogen (secondary N) is 2. The Morgan fingerprint density at radius 3 is 2.09 bits per heavy atom. The molecule has 3 heterocycles. The van der Waals surface area contributed by atoms with Crippen LogP contribution >= 0.6 is 0 Å². The smallest absolute Gasteiger partial charge is 0.329 e. The quantitative estimate of drug-likeness (QED) is 0.0720. The summed E-state index contributed by atoms with van der Waals surface area (Å²) >= 11 is 0. The number of benzene rings is 5. The molecule has 5 aromatic rings. The molecule has 4 amide bonds. The van der Waals surface area contributed by atoms with Crippen molar-refractivity contribution in [2.24, 2.45) is 11.8 Å². The molecule has 0 unspecified atom stereocenters. The Morgan fingerprint density at radius 2 is 1.46 bits per heavy atom. The maximum atomic E-state index is 16.5. The summed E-state index contributed by atoms with van der Waals surface area (Å²) in [5.41, 5.74) is 0.744. The predicted molar refractivity (Wildman–Crippen MR) is 253 cm³/mol. The molecule has 1 spiro atoms. The lowest BCUT2D eigenvalue weighted by molar-refractivity contribution is -0.178. The van der Waals surface area contributed by atoms with Gasteiger partial charge in [-0.25, -0.2) is 14.5 Å². The van der Waals surface area contributed by atoms with E-state index >= 15 is 14.4 Å². The number of urea groups is 1. The van der Waals surface area contributed by atoms with Crippen molar-refractivity contribution in [3.8, 4) is 17.6 Å². The number of imide groups is 1. The molecule has 0 saturated carbocycles. The van der Waals surface area contributed by atoms with Crippen LogP contribution in [0.25, 0.3) is 0 Å². The van der Waals surface area contributed by atoms with Gasteiger partial charge in [0.2, 0.25) is 11.8 Å². The molecular formula is C54H54N4O11. The van der Waals surface area contributed by atoms with Gasteiger partial charge in [-0.15, -0.1) is 0 Å². The molecule has 2 saturated heterocycles. The van der Waals surface area contributed by atoms with Crippen LogP contribution in [-0.4, -0.2) is 95.6 Å². The van der Waals surface area contributed by atoms with Gasteiger partial charge in [-0.05, 0) is 64.1 Å². The van der Waals surface area contributed by atoms with Gasteiger partial charge in [0.05, 0.1) is 50.1 Å². The normalized spacial score (nSPS) is 22.4. The van der Waals surface area contributed by atoms with E-state index in [4.69, 9.17) is 14.2 Å². The number of esters is 2. The van der Waals surface area contributed by atoms with Crippen molar-refractivity contribution in [2.75, 3.05) is 38.4 Å². The Bertz CT molecular complexity index is 2730. The molecular weight excluding hydrogens is 881 g/mol. The summed E-state index contributed by atoms with van der Waals surface area (Å²) < 4.78 is 17.4. The molecule has 3 aliphatic rings. The van der Waals surface area contributed by atoms with Crippen molar-refractivity contribution in [1.29, 1.82) is 0 Å². The molecule has 0 aromatic heterocycles. The van der Waals surface area contributed by atoms with Crippen LogP contribution in [-0.2, 0) is 34.1 Å². The van der Waals surface area contributed by atoms with Gasteiger partial charge >= 0.3 is 18.0 Å². The van der Waals surface area contributed by atoms with Gasteiger partial charge in [-0.2, -0.15) is 0 Å². The lowest BCUT2D eigenvalue weighted by atomic mass is 9.65. The van der Waals surface area contributed by atoms with Gasteiger partial charge in [0.1, 0.15) is 36.0 Å². The number of fused-ring (bicyclic) bond motifs is 3. The van der Waals surface area contributed by atoms with Crippen LogP contribution in [0.4, 0.5) is 10.5 Å². The molecule has 5 N–H and O–H groups in total. The standard InChI is InChI=1S/C54H54N4O11/c1-33(2)44(50(63)67-3)56-53(66)57-41-27-22-34(15-13-14-28-59)31-40(41)54(52(57)65)43(49(62)55-32-42(61)35-16-7-4-8-17-35)46-51(64)69-47(37-20-11-6-12-21-37)45(36-18-9-5-10-19-36)58(46)48(54)38-23-25-39(26-24-38)68-30-29-60/h4-12,16-27,31,33,42-48,59-61H,14,28-30,32H2,1-3H3,(H,55,62)(H,56,66)/t42-,43-,44-,45-,46-,47+,48+,54-/m0/s1. The Morgan fingerprint density at radius 1 is 0.812 bits per heavy atom. The Kier molecular flexibility index (Phi) is 14.6. The van der Waals surface area contributed by atoms with E-state index in [1.807, 2.05) is 65.6 Å². The van der Waals surface area contributed by atoms with Crippen molar-refractivity contribution < 1.29 is 53.5 Å². The van der Waals surface area contributed by atoms with Crippen molar-refractivity contribution in [3.63, 3.8) is 0 Å². The van der Waals surface area contributed by atoms with Gasteiger partial charge in [0.15, 0.2) is 0 Å². The summed E-state index contributed by atoms with van der Waals surface area (Å²) in [6.07, 6.45) is -2.05. The second kappa shape index (κ2) is 20.9. The molecule has 356 valence electrons. The van der Waals surface area contributed by atoms with E-state index in [1.165, 1.54) is 7.11 Å². The van der Waals surface area contributed by atoms with Crippen LogP contribution in [0.3, 0.4) is 0 Å². The topological polar surface area (TPSA) is 204 Å². The molecule has 69 heavy (non-hydrogen) atoms. The van der Waals surface area contributed by atoms with Gasteiger partial charge in [-0.1, -0.05) is 129 Å². The van der Waals surface area contributed by atoms with Gasteiger partial charge in [0, 0.05) is 18.5 Å². The van der Waals surface area contributed by atoms with E-state index in [9.17, 15) is 24.9 Å². The number of carbonyl (C=O) groups is 5. The zero-order valence-corrected chi connectivity index (χ0v) is 38.4. The van der Waals surface area contributed by atoms with Gasteiger partial charge < -0.3 is 40.2 Å². The molecule has 0 radical (unpaired) electrons. The number of anilines is 1.